The summed E-state index contributed by atoms with van der Waals surface area (Å²) in [5.41, 5.74) is 3.89. The molecule has 10 heteroatoms. The summed E-state index contributed by atoms with van der Waals surface area (Å²) in [6.07, 6.45) is 1.65. The van der Waals surface area contributed by atoms with Gasteiger partial charge in [0.25, 0.3) is 5.56 Å². The number of halogens is 4. The highest BCUT2D eigenvalue weighted by molar-refractivity contribution is 6.42. The normalized spacial score (nSPS) is 11.3. The van der Waals surface area contributed by atoms with Crippen molar-refractivity contribution in [1.82, 2.24) is 19.2 Å². The second kappa shape index (κ2) is 9.79. The van der Waals surface area contributed by atoms with Crippen molar-refractivity contribution in [1.29, 1.82) is 0 Å². The highest BCUT2D eigenvalue weighted by atomic mass is 35.5. The number of hydrogen-bond acceptors (Lipinski definition) is 4. The molecule has 0 saturated carbocycles. The lowest BCUT2D eigenvalue weighted by atomic mass is 10.1. The zero-order chi connectivity index (χ0) is 25.6. The molecule has 0 aliphatic carbocycles. The van der Waals surface area contributed by atoms with Crippen LogP contribution in [0.2, 0.25) is 20.1 Å². The SMILES string of the molecule is Cc1nc2c(OCc3ccc(Cl)cc3Cl)cccn2c(=O)c1-c1cc(C)n(-c2ccc(Cl)c(Cl)c2)n1. The zero-order valence-corrected chi connectivity index (χ0v) is 22.1. The fraction of sp³-hybridized carbons (Fsp3) is 0.115. The quantitative estimate of drug-likeness (QED) is 0.226. The molecule has 0 fully saturated rings. The molecule has 36 heavy (non-hydrogen) atoms. The molecular formula is C26H18Cl4N4O2. The van der Waals surface area contributed by atoms with Gasteiger partial charge in [0.2, 0.25) is 0 Å². The van der Waals surface area contributed by atoms with Gasteiger partial charge in [0, 0.05) is 27.5 Å². The molecule has 0 N–H and O–H groups in total. The van der Waals surface area contributed by atoms with Gasteiger partial charge in [0.05, 0.1) is 27.0 Å². The van der Waals surface area contributed by atoms with Gasteiger partial charge in [-0.1, -0.05) is 52.5 Å². The van der Waals surface area contributed by atoms with E-state index in [1.54, 1.807) is 60.3 Å². The van der Waals surface area contributed by atoms with Crippen molar-refractivity contribution in [3.63, 3.8) is 0 Å². The van der Waals surface area contributed by atoms with Gasteiger partial charge in [0.1, 0.15) is 12.3 Å². The van der Waals surface area contributed by atoms with Gasteiger partial charge in [-0.05, 0) is 62.4 Å². The first-order chi connectivity index (χ1) is 17.2. The number of benzene rings is 2. The minimum absolute atomic E-state index is 0.194. The number of rotatable bonds is 5. The molecule has 5 rings (SSSR count). The van der Waals surface area contributed by atoms with Crippen LogP contribution in [0.25, 0.3) is 22.6 Å². The second-order valence-corrected chi connectivity index (χ2v) is 9.81. The van der Waals surface area contributed by atoms with Crippen molar-refractivity contribution in [3.05, 3.63) is 108 Å². The summed E-state index contributed by atoms with van der Waals surface area (Å²) in [6.45, 7) is 3.87. The maximum absolute atomic E-state index is 13.6. The van der Waals surface area contributed by atoms with Gasteiger partial charge in [-0.3, -0.25) is 9.20 Å². The third kappa shape index (κ3) is 4.58. The molecule has 0 radical (unpaired) electrons. The first-order valence-electron chi connectivity index (χ1n) is 10.8. The lowest BCUT2D eigenvalue weighted by Gasteiger charge is -2.12. The summed E-state index contributed by atoms with van der Waals surface area (Å²) in [4.78, 5) is 18.3. The summed E-state index contributed by atoms with van der Waals surface area (Å²) in [6, 6.07) is 15.8. The summed E-state index contributed by atoms with van der Waals surface area (Å²) in [5, 5.41) is 6.58. The Labute approximate surface area is 226 Å². The zero-order valence-electron chi connectivity index (χ0n) is 19.1. The van der Waals surface area contributed by atoms with Crippen LogP contribution in [0.3, 0.4) is 0 Å². The number of fused-ring (bicyclic) bond motifs is 1. The van der Waals surface area contributed by atoms with E-state index in [1.165, 1.54) is 4.40 Å². The lowest BCUT2D eigenvalue weighted by molar-refractivity contribution is 0.308. The highest BCUT2D eigenvalue weighted by Gasteiger charge is 2.19. The molecule has 0 spiro atoms. The van der Waals surface area contributed by atoms with Gasteiger partial charge < -0.3 is 4.74 Å². The van der Waals surface area contributed by atoms with Crippen LogP contribution in [0.4, 0.5) is 0 Å². The molecule has 0 bridgehead atoms. The van der Waals surface area contributed by atoms with Crippen molar-refractivity contribution in [3.8, 4) is 22.7 Å². The van der Waals surface area contributed by atoms with E-state index in [9.17, 15) is 4.79 Å². The number of pyridine rings is 1. The molecule has 3 heterocycles. The van der Waals surface area contributed by atoms with Crippen LogP contribution in [0.15, 0.2) is 65.6 Å². The third-order valence-electron chi connectivity index (χ3n) is 5.69. The van der Waals surface area contributed by atoms with E-state index in [2.05, 4.69) is 5.10 Å². The number of ether oxygens (including phenoxy) is 1. The third-order valence-corrected chi connectivity index (χ3v) is 7.01. The van der Waals surface area contributed by atoms with E-state index >= 15 is 0 Å². The van der Waals surface area contributed by atoms with Gasteiger partial charge in [0.15, 0.2) is 11.4 Å². The Morgan fingerprint density at radius 1 is 0.917 bits per heavy atom. The van der Waals surface area contributed by atoms with Crippen LogP contribution in [0.1, 0.15) is 17.0 Å². The molecule has 0 unspecified atom stereocenters. The van der Waals surface area contributed by atoms with E-state index < -0.39 is 0 Å². The van der Waals surface area contributed by atoms with E-state index in [-0.39, 0.29) is 12.2 Å². The molecule has 3 aromatic heterocycles. The average molecular weight is 560 g/mol. The summed E-state index contributed by atoms with van der Waals surface area (Å²) >= 11 is 24.5. The number of nitrogens with zero attached hydrogens (tertiary/aromatic N) is 4. The second-order valence-electron chi connectivity index (χ2n) is 8.15. The molecule has 5 aromatic rings. The van der Waals surface area contributed by atoms with Crippen molar-refractivity contribution in [2.75, 3.05) is 0 Å². The average Bonchev–Trinajstić information content (AvgIpc) is 3.21. The van der Waals surface area contributed by atoms with Crippen LogP contribution in [-0.2, 0) is 6.61 Å². The summed E-state index contributed by atoms with van der Waals surface area (Å²) in [5.74, 6) is 0.452. The molecule has 182 valence electrons. The summed E-state index contributed by atoms with van der Waals surface area (Å²) in [7, 11) is 0. The Bertz CT molecular complexity index is 1690. The Morgan fingerprint density at radius 2 is 1.72 bits per heavy atom. The molecule has 6 nitrogen and oxygen atoms in total. The summed E-state index contributed by atoms with van der Waals surface area (Å²) < 4.78 is 9.15. The highest BCUT2D eigenvalue weighted by Crippen LogP contribution is 2.28. The lowest BCUT2D eigenvalue weighted by Crippen LogP contribution is -2.19. The molecule has 0 aliphatic rings. The maximum atomic E-state index is 13.6. The standard InChI is InChI=1S/C26H18Cl4N4O2/c1-14-10-22(32-34(14)18-7-8-19(28)21(30)12-18)24-15(2)31-25-23(4-3-9-33(25)26(24)35)36-13-16-5-6-17(27)11-20(16)29/h3-12H,13H2,1-2H3. The smallest absolute Gasteiger partial charge is 0.267 e. The van der Waals surface area contributed by atoms with E-state index in [0.717, 1.165) is 16.9 Å². The minimum atomic E-state index is -0.258. The van der Waals surface area contributed by atoms with E-state index in [4.69, 9.17) is 56.1 Å². The van der Waals surface area contributed by atoms with E-state index in [1.807, 2.05) is 19.1 Å². The molecule has 0 amide bonds. The maximum Gasteiger partial charge on any atom is 0.267 e. The van der Waals surface area contributed by atoms with Crippen LogP contribution >= 0.6 is 46.4 Å². The fourth-order valence-corrected chi connectivity index (χ4v) is 4.68. The van der Waals surface area contributed by atoms with Crippen LogP contribution in [0, 0.1) is 13.8 Å². The molecule has 0 saturated heterocycles. The predicted molar refractivity (Wildman–Crippen MR) is 144 cm³/mol. The molecule has 2 aromatic carbocycles. The van der Waals surface area contributed by atoms with E-state index in [0.29, 0.717) is 48.4 Å². The number of aromatic nitrogens is 4. The topological polar surface area (TPSA) is 61.4 Å². The van der Waals surface area contributed by atoms with Crippen molar-refractivity contribution >= 4 is 52.1 Å². The fourth-order valence-electron chi connectivity index (χ4n) is 3.92. The monoisotopic (exact) mass is 558 g/mol. The van der Waals surface area contributed by atoms with Gasteiger partial charge in [-0.2, -0.15) is 5.10 Å². The predicted octanol–water partition coefficient (Wildman–Crippen LogP) is 7.36. The molecule has 0 atom stereocenters. The van der Waals surface area contributed by atoms with Gasteiger partial charge >= 0.3 is 0 Å². The largest absolute Gasteiger partial charge is 0.485 e. The number of hydrogen-bond donors (Lipinski definition) is 0. The first kappa shape index (κ1) is 24.7. The Kier molecular flexibility index (Phi) is 6.70. The Balaban J connectivity index is 1.54. The first-order valence-corrected chi connectivity index (χ1v) is 12.4. The van der Waals surface area contributed by atoms with Crippen LogP contribution in [-0.4, -0.2) is 19.2 Å². The van der Waals surface area contributed by atoms with Gasteiger partial charge in [-0.25, -0.2) is 9.67 Å². The number of aryl methyl sites for hydroxylation is 2. The van der Waals surface area contributed by atoms with Crippen LogP contribution in [0.5, 0.6) is 5.75 Å². The van der Waals surface area contributed by atoms with Crippen molar-refractivity contribution < 1.29 is 4.74 Å². The Hall–Kier alpha value is -3.03. The Morgan fingerprint density at radius 3 is 2.47 bits per heavy atom. The van der Waals surface area contributed by atoms with Crippen molar-refractivity contribution in [2.45, 2.75) is 20.5 Å². The van der Waals surface area contributed by atoms with Gasteiger partial charge in [-0.15, -0.1) is 0 Å². The molecule has 0 aliphatic heterocycles. The van der Waals surface area contributed by atoms with Crippen molar-refractivity contribution in [2.24, 2.45) is 0 Å². The molecular weight excluding hydrogens is 542 g/mol. The van der Waals surface area contributed by atoms with Crippen LogP contribution < -0.4 is 10.3 Å². The minimum Gasteiger partial charge on any atom is -0.485 e.